The number of anilines is 3. The first-order chi connectivity index (χ1) is 15.5. The SMILES string of the molecule is C[C@@H]1C[C@H](C)CN(c2nc3c(c(=O)[nH]2)[C@H](C(=O)Nc2ccccc2C(F)(F)F)CC(=O)N3)C1. The first-order valence-corrected chi connectivity index (χ1v) is 10.7. The van der Waals surface area contributed by atoms with E-state index >= 15 is 0 Å². The number of aromatic nitrogens is 2. The van der Waals surface area contributed by atoms with Crippen LogP contribution in [0.3, 0.4) is 0 Å². The normalized spacial score (nSPS) is 23.0. The van der Waals surface area contributed by atoms with E-state index in [1.807, 2.05) is 4.90 Å². The van der Waals surface area contributed by atoms with Crippen molar-refractivity contribution in [1.29, 1.82) is 0 Å². The number of hydrogen-bond donors (Lipinski definition) is 3. The first kappa shape index (κ1) is 22.8. The average Bonchev–Trinajstić information content (AvgIpc) is 2.71. The predicted octanol–water partition coefficient (Wildman–Crippen LogP) is 3.34. The summed E-state index contributed by atoms with van der Waals surface area (Å²) in [6.07, 6.45) is -4.01. The van der Waals surface area contributed by atoms with Crippen LogP contribution in [0.25, 0.3) is 0 Å². The molecule has 1 fully saturated rings. The Labute approximate surface area is 187 Å². The maximum absolute atomic E-state index is 13.3. The van der Waals surface area contributed by atoms with E-state index < -0.39 is 40.7 Å². The number of nitrogens with one attached hydrogen (secondary N) is 3. The van der Waals surface area contributed by atoms with Gasteiger partial charge in [0.1, 0.15) is 5.82 Å². The molecule has 8 nitrogen and oxygen atoms in total. The number of alkyl halides is 3. The maximum atomic E-state index is 13.3. The molecule has 2 aliphatic rings. The molecule has 0 saturated carbocycles. The number of halogens is 3. The molecule has 11 heteroatoms. The van der Waals surface area contributed by atoms with Crippen molar-refractivity contribution in [2.75, 3.05) is 28.6 Å². The smallest absolute Gasteiger partial charge is 0.342 e. The van der Waals surface area contributed by atoms with Gasteiger partial charge in [-0.1, -0.05) is 26.0 Å². The van der Waals surface area contributed by atoms with Gasteiger partial charge in [0, 0.05) is 19.5 Å². The summed E-state index contributed by atoms with van der Waals surface area (Å²) in [5, 5.41) is 4.77. The van der Waals surface area contributed by atoms with Gasteiger partial charge < -0.3 is 15.5 Å². The van der Waals surface area contributed by atoms with Crippen molar-refractivity contribution in [1.82, 2.24) is 9.97 Å². The van der Waals surface area contributed by atoms with Gasteiger partial charge in [-0.3, -0.25) is 19.4 Å². The van der Waals surface area contributed by atoms with Gasteiger partial charge in [0.15, 0.2) is 0 Å². The fourth-order valence-corrected chi connectivity index (χ4v) is 4.63. The molecule has 0 aliphatic carbocycles. The molecule has 1 saturated heterocycles. The number of hydrogen-bond acceptors (Lipinski definition) is 5. The fourth-order valence-electron chi connectivity index (χ4n) is 4.63. The molecule has 176 valence electrons. The summed E-state index contributed by atoms with van der Waals surface area (Å²) in [5.41, 5.74) is -2.14. The van der Waals surface area contributed by atoms with Gasteiger partial charge >= 0.3 is 6.18 Å². The number of nitrogens with zero attached hydrogens (tertiary/aromatic N) is 2. The van der Waals surface area contributed by atoms with E-state index in [0.29, 0.717) is 30.9 Å². The highest BCUT2D eigenvalue weighted by Gasteiger charge is 2.38. The monoisotopic (exact) mass is 463 g/mol. The highest BCUT2D eigenvalue weighted by Crippen LogP contribution is 2.36. The number of H-pyrrole nitrogens is 1. The van der Waals surface area contributed by atoms with Crippen molar-refractivity contribution in [2.24, 2.45) is 11.8 Å². The number of carbonyl (C=O) groups excluding carboxylic acids is 2. The van der Waals surface area contributed by atoms with Crippen molar-refractivity contribution in [2.45, 2.75) is 38.8 Å². The lowest BCUT2D eigenvalue weighted by Crippen LogP contribution is -2.42. The van der Waals surface area contributed by atoms with Gasteiger partial charge in [-0.05, 0) is 30.4 Å². The Morgan fingerprint density at radius 3 is 2.48 bits per heavy atom. The summed E-state index contributed by atoms with van der Waals surface area (Å²) in [6.45, 7) is 5.55. The minimum atomic E-state index is -4.68. The molecule has 0 bridgehead atoms. The molecule has 3 heterocycles. The Bertz CT molecular complexity index is 1140. The van der Waals surface area contributed by atoms with E-state index in [9.17, 15) is 27.6 Å². The van der Waals surface area contributed by atoms with Crippen molar-refractivity contribution in [3.8, 4) is 0 Å². The van der Waals surface area contributed by atoms with Crippen LogP contribution < -0.4 is 21.1 Å². The highest BCUT2D eigenvalue weighted by atomic mass is 19.4. The van der Waals surface area contributed by atoms with Gasteiger partial charge in [-0.15, -0.1) is 0 Å². The lowest BCUT2D eigenvalue weighted by atomic mass is 9.91. The molecule has 0 radical (unpaired) electrons. The number of piperidine rings is 1. The largest absolute Gasteiger partial charge is 0.418 e. The molecule has 2 aliphatic heterocycles. The van der Waals surface area contributed by atoms with Crippen molar-refractivity contribution in [3.05, 3.63) is 45.7 Å². The number of aromatic amines is 1. The summed E-state index contributed by atoms with van der Waals surface area (Å²) in [6, 6.07) is 4.53. The molecular formula is C22H24F3N5O3. The zero-order valence-electron chi connectivity index (χ0n) is 18.1. The van der Waals surface area contributed by atoms with Gasteiger partial charge in [0.25, 0.3) is 5.56 Å². The van der Waals surface area contributed by atoms with Crippen LogP contribution >= 0.6 is 0 Å². The summed E-state index contributed by atoms with van der Waals surface area (Å²) in [5.74, 6) is -1.69. The lowest BCUT2D eigenvalue weighted by Gasteiger charge is -2.35. The predicted molar refractivity (Wildman–Crippen MR) is 116 cm³/mol. The number of fused-ring (bicyclic) bond motifs is 1. The van der Waals surface area contributed by atoms with Gasteiger partial charge in [-0.2, -0.15) is 18.2 Å². The highest BCUT2D eigenvalue weighted by molar-refractivity contribution is 6.04. The summed E-state index contributed by atoms with van der Waals surface area (Å²) in [7, 11) is 0. The standard InChI is InChI=1S/C22H24F3N5O3/c1-11-7-12(2)10-30(9-11)21-28-18-17(20(33)29-21)13(8-16(31)27-18)19(32)26-15-6-4-3-5-14(15)22(23,24)25/h3-6,11-13H,7-10H2,1-2H3,(H,26,32)(H2,27,28,29,31,33)/t11-,12+,13-/m1/s1. The summed E-state index contributed by atoms with van der Waals surface area (Å²) < 4.78 is 39.9. The van der Waals surface area contributed by atoms with Crippen molar-refractivity contribution >= 4 is 29.3 Å². The molecule has 3 N–H and O–H groups in total. The number of amides is 2. The van der Waals surface area contributed by atoms with Gasteiger partial charge in [-0.25, -0.2) is 0 Å². The number of rotatable bonds is 3. The Morgan fingerprint density at radius 1 is 1.15 bits per heavy atom. The summed E-state index contributed by atoms with van der Waals surface area (Å²) in [4.78, 5) is 47.2. The van der Waals surface area contributed by atoms with E-state index in [1.54, 1.807) is 0 Å². The second-order valence-electron chi connectivity index (χ2n) is 8.84. The van der Waals surface area contributed by atoms with E-state index in [-0.39, 0.29) is 17.8 Å². The fraction of sp³-hybridized carbons (Fsp3) is 0.455. The number of carbonyl (C=O) groups is 2. The van der Waals surface area contributed by atoms with E-state index in [0.717, 1.165) is 18.6 Å². The molecular weight excluding hydrogens is 439 g/mol. The van der Waals surface area contributed by atoms with Crippen molar-refractivity contribution < 1.29 is 22.8 Å². The van der Waals surface area contributed by atoms with E-state index in [4.69, 9.17) is 0 Å². The second kappa shape index (κ2) is 8.53. The van der Waals surface area contributed by atoms with Crippen LogP contribution in [0.1, 0.15) is 43.7 Å². The van der Waals surface area contributed by atoms with Crippen LogP contribution in [-0.2, 0) is 15.8 Å². The molecule has 2 amide bonds. The lowest BCUT2D eigenvalue weighted by molar-refractivity contribution is -0.137. The minimum absolute atomic E-state index is 0.0415. The van der Waals surface area contributed by atoms with Crippen LogP contribution in [0.15, 0.2) is 29.1 Å². The third-order valence-corrected chi connectivity index (χ3v) is 5.91. The van der Waals surface area contributed by atoms with Crippen LogP contribution in [0.5, 0.6) is 0 Å². The molecule has 3 atom stereocenters. The Morgan fingerprint density at radius 2 is 1.82 bits per heavy atom. The molecule has 33 heavy (non-hydrogen) atoms. The third kappa shape index (κ3) is 4.71. The average molecular weight is 463 g/mol. The molecule has 1 aromatic heterocycles. The topological polar surface area (TPSA) is 107 Å². The first-order valence-electron chi connectivity index (χ1n) is 10.7. The third-order valence-electron chi connectivity index (χ3n) is 5.91. The number of para-hydroxylation sites is 1. The quantitative estimate of drug-likeness (QED) is 0.647. The van der Waals surface area contributed by atoms with E-state index in [1.165, 1.54) is 12.1 Å². The van der Waals surface area contributed by atoms with Gasteiger partial charge in [0.05, 0.1) is 22.7 Å². The Balaban J connectivity index is 1.66. The van der Waals surface area contributed by atoms with Gasteiger partial charge in [0.2, 0.25) is 17.8 Å². The van der Waals surface area contributed by atoms with Crippen LogP contribution in [0, 0.1) is 11.8 Å². The van der Waals surface area contributed by atoms with Crippen molar-refractivity contribution in [3.63, 3.8) is 0 Å². The minimum Gasteiger partial charge on any atom is -0.342 e. The zero-order valence-corrected chi connectivity index (χ0v) is 18.1. The maximum Gasteiger partial charge on any atom is 0.418 e. The number of benzene rings is 1. The molecule has 1 aromatic carbocycles. The molecule has 0 unspecified atom stereocenters. The van der Waals surface area contributed by atoms with Crippen LogP contribution in [0.2, 0.25) is 0 Å². The molecule has 2 aromatic rings. The Kier molecular flexibility index (Phi) is 5.89. The molecule has 4 rings (SSSR count). The zero-order chi connectivity index (χ0) is 23.9. The molecule has 0 spiro atoms. The Hall–Kier alpha value is -3.37. The van der Waals surface area contributed by atoms with E-state index in [2.05, 4.69) is 34.4 Å². The second-order valence-corrected chi connectivity index (χ2v) is 8.84. The summed E-state index contributed by atoms with van der Waals surface area (Å²) >= 11 is 0. The van der Waals surface area contributed by atoms with Crippen LogP contribution in [-0.4, -0.2) is 34.9 Å². The van der Waals surface area contributed by atoms with Crippen LogP contribution in [0.4, 0.5) is 30.6 Å².